The van der Waals surface area contributed by atoms with Crippen molar-refractivity contribution in [2.45, 2.75) is 37.9 Å². The van der Waals surface area contributed by atoms with E-state index in [1.165, 1.54) is 4.90 Å². The van der Waals surface area contributed by atoms with Crippen molar-refractivity contribution < 1.29 is 23.1 Å². The Morgan fingerprint density at radius 1 is 1.53 bits per heavy atom. The fourth-order valence-corrected chi connectivity index (χ4v) is 3.17. The molecule has 9 heteroatoms. The Bertz CT molecular complexity index is 491. The van der Waals surface area contributed by atoms with E-state index < -0.39 is 22.7 Å². The van der Waals surface area contributed by atoms with Gasteiger partial charge in [0.25, 0.3) is 0 Å². The van der Waals surface area contributed by atoms with E-state index in [-0.39, 0.29) is 5.13 Å². The second-order valence-electron chi connectivity index (χ2n) is 4.33. The van der Waals surface area contributed by atoms with Crippen LogP contribution < -0.4 is 4.90 Å². The summed E-state index contributed by atoms with van der Waals surface area (Å²) in [6.45, 7) is 2.09. The zero-order valence-electron chi connectivity index (χ0n) is 10.1. The van der Waals surface area contributed by atoms with E-state index in [0.717, 1.165) is 0 Å². The summed E-state index contributed by atoms with van der Waals surface area (Å²) in [7, 11) is 0. The van der Waals surface area contributed by atoms with Crippen LogP contribution in [0.15, 0.2) is 0 Å². The maximum atomic E-state index is 12.5. The molecule has 1 unspecified atom stereocenters. The van der Waals surface area contributed by atoms with Crippen LogP contribution in [-0.4, -0.2) is 33.4 Å². The zero-order valence-corrected chi connectivity index (χ0v) is 10.9. The van der Waals surface area contributed by atoms with Crippen molar-refractivity contribution in [3.8, 4) is 0 Å². The maximum Gasteiger partial charge on any atom is 0.445 e. The van der Waals surface area contributed by atoms with Gasteiger partial charge in [-0.3, -0.25) is 0 Å². The second-order valence-corrected chi connectivity index (χ2v) is 5.29. The zero-order chi connectivity index (χ0) is 14.3. The molecule has 2 rings (SSSR count). The molecule has 0 saturated carbocycles. The molecule has 0 radical (unpaired) electrons. The standard InChI is InChI=1S/C10H12F3N3O2S/c1-2-9(7(17)18)4-3-5-16(9)8-15-14-6(19-8)10(11,12)13/h2-5H2,1H3,(H,17,18). The third-order valence-corrected chi connectivity index (χ3v) is 4.35. The van der Waals surface area contributed by atoms with E-state index >= 15 is 0 Å². The molecule has 2 heterocycles. The van der Waals surface area contributed by atoms with Crippen molar-refractivity contribution in [1.29, 1.82) is 0 Å². The van der Waals surface area contributed by atoms with Gasteiger partial charge in [0, 0.05) is 6.54 Å². The molecule has 0 spiro atoms. The largest absolute Gasteiger partial charge is 0.479 e. The minimum absolute atomic E-state index is 0.0223. The van der Waals surface area contributed by atoms with Gasteiger partial charge in [-0.25, -0.2) is 4.79 Å². The molecular formula is C10H12F3N3O2S. The number of halogens is 3. The van der Waals surface area contributed by atoms with E-state index in [9.17, 15) is 23.1 Å². The first-order chi connectivity index (χ1) is 8.81. The van der Waals surface area contributed by atoms with Crippen molar-refractivity contribution >= 4 is 22.4 Å². The Kier molecular flexibility index (Phi) is 3.41. The van der Waals surface area contributed by atoms with E-state index in [1.54, 1.807) is 6.92 Å². The predicted octanol–water partition coefficient (Wildman–Crippen LogP) is 2.39. The Morgan fingerprint density at radius 2 is 2.21 bits per heavy atom. The van der Waals surface area contributed by atoms with Crippen molar-refractivity contribution in [3.05, 3.63) is 5.01 Å². The van der Waals surface area contributed by atoms with Gasteiger partial charge in [-0.05, 0) is 19.3 Å². The fourth-order valence-electron chi connectivity index (χ4n) is 2.34. The third-order valence-electron chi connectivity index (χ3n) is 3.36. The molecule has 1 aromatic heterocycles. The molecule has 19 heavy (non-hydrogen) atoms. The highest BCUT2D eigenvalue weighted by molar-refractivity contribution is 7.15. The van der Waals surface area contributed by atoms with Crippen LogP contribution >= 0.6 is 11.3 Å². The van der Waals surface area contributed by atoms with Crippen molar-refractivity contribution in [2.24, 2.45) is 0 Å². The van der Waals surface area contributed by atoms with Crippen LogP contribution in [0.3, 0.4) is 0 Å². The lowest BCUT2D eigenvalue weighted by Gasteiger charge is -2.33. The summed E-state index contributed by atoms with van der Waals surface area (Å²) in [5.41, 5.74) is -1.16. The van der Waals surface area contributed by atoms with Crippen molar-refractivity contribution in [2.75, 3.05) is 11.4 Å². The molecule has 0 amide bonds. The first kappa shape index (κ1) is 14.0. The van der Waals surface area contributed by atoms with E-state index in [2.05, 4.69) is 10.2 Å². The van der Waals surface area contributed by atoms with E-state index in [1.807, 2.05) is 0 Å². The number of alkyl halides is 3. The van der Waals surface area contributed by atoms with Gasteiger partial charge in [0.15, 0.2) is 0 Å². The molecule has 1 aliphatic heterocycles. The number of carbonyl (C=O) groups is 1. The number of anilines is 1. The summed E-state index contributed by atoms with van der Waals surface area (Å²) >= 11 is 0.388. The molecule has 1 atom stereocenters. The third kappa shape index (κ3) is 2.26. The van der Waals surface area contributed by atoms with Crippen LogP contribution in [0.1, 0.15) is 31.2 Å². The molecule has 1 fully saturated rings. The first-order valence-corrected chi connectivity index (χ1v) is 6.54. The van der Waals surface area contributed by atoms with Gasteiger partial charge >= 0.3 is 12.1 Å². The van der Waals surface area contributed by atoms with Gasteiger partial charge in [0.1, 0.15) is 5.54 Å². The first-order valence-electron chi connectivity index (χ1n) is 5.73. The maximum absolute atomic E-state index is 12.5. The Hall–Kier alpha value is -1.38. The average molecular weight is 295 g/mol. The number of nitrogens with zero attached hydrogens (tertiary/aromatic N) is 3. The second kappa shape index (κ2) is 4.62. The van der Waals surface area contributed by atoms with Gasteiger partial charge in [0.05, 0.1) is 0 Å². The van der Waals surface area contributed by atoms with Gasteiger partial charge in [-0.2, -0.15) is 13.2 Å². The van der Waals surface area contributed by atoms with Crippen molar-refractivity contribution in [1.82, 2.24) is 10.2 Å². The molecule has 1 aromatic rings. The lowest BCUT2D eigenvalue weighted by molar-refractivity contribution is -0.143. The predicted molar refractivity (Wildman–Crippen MR) is 62.1 cm³/mol. The van der Waals surface area contributed by atoms with Crippen LogP contribution in [0.5, 0.6) is 0 Å². The molecular weight excluding hydrogens is 283 g/mol. The van der Waals surface area contributed by atoms with Crippen LogP contribution in [0, 0.1) is 0 Å². The number of hydrogen-bond donors (Lipinski definition) is 1. The lowest BCUT2D eigenvalue weighted by Crippen LogP contribution is -2.50. The van der Waals surface area contributed by atoms with Gasteiger partial charge < -0.3 is 10.0 Å². The Balaban J connectivity index is 2.35. The molecule has 1 aliphatic rings. The molecule has 1 saturated heterocycles. The summed E-state index contributed by atoms with van der Waals surface area (Å²) in [5.74, 6) is -1.03. The quantitative estimate of drug-likeness (QED) is 0.927. The van der Waals surface area contributed by atoms with Crippen LogP contribution in [-0.2, 0) is 11.0 Å². The van der Waals surface area contributed by atoms with Crippen LogP contribution in [0.25, 0.3) is 0 Å². The van der Waals surface area contributed by atoms with Gasteiger partial charge in [-0.15, -0.1) is 10.2 Å². The molecule has 0 aliphatic carbocycles. The molecule has 0 aromatic carbocycles. The summed E-state index contributed by atoms with van der Waals surface area (Å²) in [6, 6.07) is 0. The number of aromatic nitrogens is 2. The van der Waals surface area contributed by atoms with E-state index in [4.69, 9.17) is 0 Å². The smallest absolute Gasteiger partial charge is 0.445 e. The summed E-state index contributed by atoms with van der Waals surface area (Å²) in [6.07, 6.45) is -3.22. The molecule has 1 N–H and O–H groups in total. The number of carboxylic acid groups (broad SMARTS) is 1. The summed E-state index contributed by atoms with van der Waals surface area (Å²) < 4.78 is 37.5. The minimum atomic E-state index is -4.55. The van der Waals surface area contributed by atoms with Gasteiger partial charge in [-0.1, -0.05) is 18.3 Å². The van der Waals surface area contributed by atoms with Crippen LogP contribution in [0.4, 0.5) is 18.3 Å². The lowest BCUT2D eigenvalue weighted by atomic mass is 9.93. The fraction of sp³-hybridized carbons (Fsp3) is 0.700. The number of carboxylic acids is 1. The normalized spacial score (nSPS) is 23.9. The highest BCUT2D eigenvalue weighted by Gasteiger charge is 2.48. The highest BCUT2D eigenvalue weighted by Crippen LogP contribution is 2.41. The SMILES string of the molecule is CCC1(C(=O)O)CCCN1c1nnc(C(F)(F)F)s1. The molecule has 106 valence electrons. The summed E-state index contributed by atoms with van der Waals surface area (Å²) in [4.78, 5) is 12.9. The minimum Gasteiger partial charge on any atom is -0.479 e. The average Bonchev–Trinajstić information content (AvgIpc) is 2.94. The topological polar surface area (TPSA) is 66.3 Å². The molecule has 5 nitrogen and oxygen atoms in total. The van der Waals surface area contributed by atoms with Crippen LogP contribution in [0.2, 0.25) is 0 Å². The van der Waals surface area contributed by atoms with Crippen molar-refractivity contribution in [3.63, 3.8) is 0 Å². The Morgan fingerprint density at radius 3 is 2.68 bits per heavy atom. The number of rotatable bonds is 3. The van der Waals surface area contributed by atoms with E-state index in [0.29, 0.717) is 37.1 Å². The highest BCUT2D eigenvalue weighted by atomic mass is 32.1. The monoisotopic (exact) mass is 295 g/mol. The Labute approximate surface area is 111 Å². The summed E-state index contributed by atoms with van der Waals surface area (Å²) in [5, 5.41) is 14.9. The number of aliphatic carboxylic acids is 1. The van der Waals surface area contributed by atoms with Gasteiger partial charge in [0.2, 0.25) is 10.1 Å². The molecule has 0 bridgehead atoms. The number of hydrogen-bond acceptors (Lipinski definition) is 5.